The Morgan fingerprint density at radius 1 is 1.11 bits per heavy atom. The van der Waals surface area contributed by atoms with E-state index < -0.39 is 11.9 Å². The first-order valence-electron chi connectivity index (χ1n) is 5.68. The van der Waals surface area contributed by atoms with Gasteiger partial charge in [0.1, 0.15) is 0 Å². The average Bonchev–Trinajstić information content (AvgIpc) is 2.37. The lowest BCUT2D eigenvalue weighted by Crippen LogP contribution is -2.12. The fourth-order valence-electron chi connectivity index (χ4n) is 2.19. The maximum atomic E-state index is 11.4. The van der Waals surface area contributed by atoms with Crippen LogP contribution < -0.4 is 0 Å². The van der Waals surface area contributed by atoms with Crippen LogP contribution in [0.25, 0.3) is 10.8 Å². The zero-order chi connectivity index (χ0) is 14.0. The van der Waals surface area contributed by atoms with Crippen LogP contribution >= 0.6 is 0 Å². The van der Waals surface area contributed by atoms with Crippen molar-refractivity contribution in [2.24, 2.45) is 0 Å². The molecule has 2 N–H and O–H groups in total. The van der Waals surface area contributed by atoms with E-state index in [0.717, 1.165) is 0 Å². The fraction of sp³-hybridized carbons (Fsp3) is 0.0667. The molecule has 0 unspecified atom stereocenters. The summed E-state index contributed by atoms with van der Waals surface area (Å²) in [5, 5.41) is 19.7. The van der Waals surface area contributed by atoms with Crippen LogP contribution in [0.2, 0.25) is 0 Å². The van der Waals surface area contributed by atoms with Crippen molar-refractivity contribution in [3.8, 4) is 0 Å². The van der Waals surface area contributed by atoms with Crippen LogP contribution in [0.3, 0.4) is 0 Å². The van der Waals surface area contributed by atoms with Crippen LogP contribution in [0.1, 0.15) is 26.3 Å². The molecule has 0 saturated heterocycles. The van der Waals surface area contributed by atoms with Gasteiger partial charge in [0.15, 0.2) is 0 Å². The van der Waals surface area contributed by atoms with Gasteiger partial charge in [-0.05, 0) is 28.8 Å². The minimum Gasteiger partial charge on any atom is -0.478 e. The van der Waals surface area contributed by atoms with E-state index in [0.29, 0.717) is 22.8 Å². The van der Waals surface area contributed by atoms with E-state index in [-0.39, 0.29) is 11.1 Å². The molecule has 2 aromatic rings. The van der Waals surface area contributed by atoms with Crippen LogP contribution in [-0.4, -0.2) is 22.2 Å². The first-order chi connectivity index (χ1) is 9.06. The van der Waals surface area contributed by atoms with Gasteiger partial charge in [-0.15, -0.1) is 6.58 Å². The van der Waals surface area contributed by atoms with Crippen LogP contribution in [0.4, 0.5) is 0 Å². The molecule has 0 heterocycles. The maximum absolute atomic E-state index is 11.4. The highest BCUT2D eigenvalue weighted by Gasteiger charge is 2.22. The van der Waals surface area contributed by atoms with E-state index in [9.17, 15) is 19.8 Å². The summed E-state index contributed by atoms with van der Waals surface area (Å²) in [4.78, 5) is 22.8. The molecular weight excluding hydrogens is 244 g/mol. The Morgan fingerprint density at radius 3 is 2.32 bits per heavy atom. The third-order valence-corrected chi connectivity index (χ3v) is 2.92. The third-order valence-electron chi connectivity index (χ3n) is 2.92. The highest BCUT2D eigenvalue weighted by Crippen LogP contribution is 2.27. The zero-order valence-corrected chi connectivity index (χ0v) is 10.1. The number of rotatable bonds is 4. The molecule has 96 valence electrons. The highest BCUT2D eigenvalue weighted by molar-refractivity contribution is 6.12. The van der Waals surface area contributed by atoms with Crippen molar-refractivity contribution in [1.82, 2.24) is 0 Å². The van der Waals surface area contributed by atoms with E-state index in [1.165, 1.54) is 0 Å². The Morgan fingerprint density at radius 2 is 1.74 bits per heavy atom. The molecule has 0 spiro atoms. The predicted molar refractivity (Wildman–Crippen MR) is 71.8 cm³/mol. The van der Waals surface area contributed by atoms with Crippen LogP contribution in [0.15, 0.2) is 43.0 Å². The van der Waals surface area contributed by atoms with Gasteiger partial charge in [-0.2, -0.15) is 0 Å². The maximum Gasteiger partial charge on any atom is 0.337 e. The summed E-state index contributed by atoms with van der Waals surface area (Å²) >= 11 is 0. The number of benzene rings is 2. The molecule has 0 aliphatic rings. The van der Waals surface area contributed by atoms with Crippen molar-refractivity contribution >= 4 is 22.7 Å². The normalized spacial score (nSPS) is 10.3. The summed E-state index contributed by atoms with van der Waals surface area (Å²) in [6.07, 6.45) is 1.87. The summed E-state index contributed by atoms with van der Waals surface area (Å²) in [6.45, 7) is 3.57. The van der Waals surface area contributed by atoms with Gasteiger partial charge in [0.25, 0.3) is 0 Å². The first kappa shape index (κ1) is 12.8. The Balaban J connectivity index is 2.95. The summed E-state index contributed by atoms with van der Waals surface area (Å²) in [7, 11) is 0. The van der Waals surface area contributed by atoms with Crippen LogP contribution in [-0.2, 0) is 6.42 Å². The Bertz CT molecular complexity index is 686. The van der Waals surface area contributed by atoms with Gasteiger partial charge in [-0.1, -0.05) is 30.3 Å². The van der Waals surface area contributed by atoms with Gasteiger partial charge >= 0.3 is 11.9 Å². The molecular formula is C15H12O4. The van der Waals surface area contributed by atoms with Gasteiger partial charge in [0, 0.05) is 0 Å². The van der Waals surface area contributed by atoms with Gasteiger partial charge in [0.05, 0.1) is 11.1 Å². The summed E-state index contributed by atoms with van der Waals surface area (Å²) in [5.41, 5.74) is 0.132. The van der Waals surface area contributed by atoms with E-state index in [1.54, 1.807) is 36.4 Å². The Labute approximate surface area is 109 Å². The fourth-order valence-corrected chi connectivity index (χ4v) is 2.19. The lowest BCUT2D eigenvalue weighted by Gasteiger charge is -2.11. The monoisotopic (exact) mass is 256 g/mol. The molecule has 19 heavy (non-hydrogen) atoms. The van der Waals surface area contributed by atoms with Gasteiger partial charge < -0.3 is 10.2 Å². The zero-order valence-electron chi connectivity index (χ0n) is 10.1. The van der Waals surface area contributed by atoms with Crippen molar-refractivity contribution in [3.05, 3.63) is 59.7 Å². The largest absolute Gasteiger partial charge is 0.478 e. The molecule has 0 fully saturated rings. The molecule has 0 aromatic heterocycles. The number of hydrogen-bond donors (Lipinski definition) is 2. The van der Waals surface area contributed by atoms with E-state index in [2.05, 4.69) is 6.58 Å². The first-order valence-corrected chi connectivity index (χ1v) is 5.68. The summed E-state index contributed by atoms with van der Waals surface area (Å²) < 4.78 is 0. The molecule has 0 saturated carbocycles. The number of carboxylic acids is 2. The molecule has 0 radical (unpaired) electrons. The van der Waals surface area contributed by atoms with Gasteiger partial charge in [0.2, 0.25) is 0 Å². The minimum absolute atomic E-state index is 0.161. The number of carboxylic acid groups (broad SMARTS) is 2. The molecule has 0 bridgehead atoms. The number of hydrogen-bond acceptors (Lipinski definition) is 2. The molecule has 0 aliphatic heterocycles. The lowest BCUT2D eigenvalue weighted by molar-refractivity contribution is 0.0652. The second kappa shape index (κ2) is 4.94. The average molecular weight is 256 g/mol. The smallest absolute Gasteiger partial charge is 0.337 e. The number of aromatic carboxylic acids is 2. The Kier molecular flexibility index (Phi) is 3.33. The standard InChI is InChI=1S/C15H12O4/c1-2-5-10-8-9-6-3-4-7-11(9)13(15(18)19)12(10)14(16)17/h2-4,6-8H,1,5H2,(H,16,17)(H,18,19). The second-order valence-corrected chi connectivity index (χ2v) is 4.11. The molecule has 4 heteroatoms. The SMILES string of the molecule is C=CCc1cc2ccccc2c(C(=O)O)c1C(=O)O. The molecule has 0 amide bonds. The summed E-state index contributed by atoms with van der Waals surface area (Å²) in [6, 6.07) is 8.55. The number of fused-ring (bicyclic) bond motifs is 1. The van der Waals surface area contributed by atoms with Gasteiger partial charge in [-0.3, -0.25) is 0 Å². The molecule has 0 aliphatic carbocycles. The number of carbonyl (C=O) groups is 2. The number of allylic oxidation sites excluding steroid dienone is 1. The highest BCUT2D eigenvalue weighted by atomic mass is 16.4. The van der Waals surface area contributed by atoms with Crippen molar-refractivity contribution in [2.75, 3.05) is 0 Å². The molecule has 2 aromatic carbocycles. The van der Waals surface area contributed by atoms with Crippen LogP contribution in [0, 0.1) is 0 Å². The topological polar surface area (TPSA) is 74.6 Å². The molecule has 4 nitrogen and oxygen atoms in total. The Hall–Kier alpha value is -2.62. The quantitative estimate of drug-likeness (QED) is 0.825. The summed E-state index contributed by atoms with van der Waals surface area (Å²) in [5.74, 6) is -2.47. The van der Waals surface area contributed by atoms with Gasteiger partial charge in [-0.25, -0.2) is 9.59 Å². The van der Waals surface area contributed by atoms with E-state index in [1.807, 2.05) is 0 Å². The predicted octanol–water partition coefficient (Wildman–Crippen LogP) is 2.96. The molecule has 2 rings (SSSR count). The second-order valence-electron chi connectivity index (χ2n) is 4.11. The van der Waals surface area contributed by atoms with E-state index >= 15 is 0 Å². The van der Waals surface area contributed by atoms with Crippen LogP contribution in [0.5, 0.6) is 0 Å². The van der Waals surface area contributed by atoms with Crippen molar-refractivity contribution in [2.45, 2.75) is 6.42 Å². The third kappa shape index (κ3) is 2.20. The van der Waals surface area contributed by atoms with Crippen molar-refractivity contribution in [3.63, 3.8) is 0 Å². The van der Waals surface area contributed by atoms with E-state index in [4.69, 9.17) is 0 Å². The lowest BCUT2D eigenvalue weighted by atomic mass is 9.92. The van der Waals surface area contributed by atoms with Crippen molar-refractivity contribution in [1.29, 1.82) is 0 Å². The molecule has 0 atom stereocenters. The minimum atomic E-state index is -1.24. The van der Waals surface area contributed by atoms with Crippen molar-refractivity contribution < 1.29 is 19.8 Å².